The van der Waals surface area contributed by atoms with Gasteiger partial charge in [0.2, 0.25) is 0 Å². The van der Waals surface area contributed by atoms with E-state index in [1.165, 1.54) is 0 Å². The zero-order chi connectivity index (χ0) is 22.1. The molecule has 0 saturated carbocycles. The maximum Gasteiger partial charge on any atom is 0.309 e. The van der Waals surface area contributed by atoms with Crippen molar-refractivity contribution in [2.24, 2.45) is 11.8 Å². The fourth-order valence-electron chi connectivity index (χ4n) is 3.30. The summed E-state index contributed by atoms with van der Waals surface area (Å²) in [7, 11) is 0. The summed E-state index contributed by atoms with van der Waals surface area (Å²) >= 11 is 0. The van der Waals surface area contributed by atoms with Crippen molar-refractivity contribution in [1.82, 2.24) is 0 Å². The van der Waals surface area contributed by atoms with Crippen molar-refractivity contribution in [1.29, 1.82) is 0 Å². The van der Waals surface area contributed by atoms with E-state index in [1.807, 2.05) is 34.6 Å². The predicted octanol–water partition coefficient (Wildman–Crippen LogP) is 5.22. The topological polar surface area (TPSA) is 78.9 Å². The van der Waals surface area contributed by atoms with Crippen molar-refractivity contribution in [2.45, 2.75) is 105 Å². The summed E-state index contributed by atoms with van der Waals surface area (Å²) < 4.78 is 16.3. The highest BCUT2D eigenvalue weighted by Crippen LogP contribution is 2.17. The summed E-state index contributed by atoms with van der Waals surface area (Å²) in [5, 5.41) is 0. The van der Waals surface area contributed by atoms with Crippen LogP contribution in [0.3, 0.4) is 0 Å². The number of carbonyl (C=O) groups excluding carboxylic acids is 3. The van der Waals surface area contributed by atoms with Gasteiger partial charge < -0.3 is 14.2 Å². The molecule has 0 fully saturated rings. The first-order valence-electron chi connectivity index (χ1n) is 11.5. The Morgan fingerprint density at radius 3 is 1.31 bits per heavy atom. The quantitative estimate of drug-likeness (QED) is 0.240. The molecule has 0 aromatic heterocycles. The Balaban J connectivity index is 4.85. The standard InChI is InChI=1S/C23H42O6/c1-6-11-18(12-7-2)22(25)27-16-20(29-21(24)15-10-5)17-28-23(26)19(13-8-3)14-9-4/h18-20H,6-17H2,1-5H3. The van der Waals surface area contributed by atoms with Gasteiger partial charge in [-0.05, 0) is 32.1 Å². The SMILES string of the molecule is CCCC(=O)OC(COC(=O)C(CCC)CCC)COC(=O)C(CCC)CCC. The predicted molar refractivity (Wildman–Crippen MR) is 113 cm³/mol. The van der Waals surface area contributed by atoms with Crippen LogP contribution in [0.2, 0.25) is 0 Å². The molecule has 0 N–H and O–H groups in total. The molecule has 0 aliphatic carbocycles. The van der Waals surface area contributed by atoms with E-state index in [2.05, 4.69) is 0 Å². The number of carbonyl (C=O) groups is 3. The summed E-state index contributed by atoms with van der Waals surface area (Å²) in [5.74, 6) is -1.20. The molecule has 0 radical (unpaired) electrons. The fraction of sp³-hybridized carbons (Fsp3) is 0.870. The number of ether oxygens (including phenoxy) is 3. The molecule has 29 heavy (non-hydrogen) atoms. The van der Waals surface area contributed by atoms with Crippen LogP contribution in [0.15, 0.2) is 0 Å². The zero-order valence-electron chi connectivity index (χ0n) is 19.2. The van der Waals surface area contributed by atoms with Gasteiger partial charge in [-0.25, -0.2) is 0 Å². The van der Waals surface area contributed by atoms with Crippen molar-refractivity contribution < 1.29 is 28.6 Å². The zero-order valence-corrected chi connectivity index (χ0v) is 19.2. The van der Waals surface area contributed by atoms with E-state index in [9.17, 15) is 14.4 Å². The molecule has 0 saturated heterocycles. The van der Waals surface area contributed by atoms with Gasteiger partial charge in [-0.2, -0.15) is 0 Å². The lowest BCUT2D eigenvalue weighted by molar-refractivity contribution is -0.170. The van der Waals surface area contributed by atoms with Crippen LogP contribution >= 0.6 is 0 Å². The van der Waals surface area contributed by atoms with E-state index in [4.69, 9.17) is 14.2 Å². The maximum absolute atomic E-state index is 12.4. The van der Waals surface area contributed by atoms with Crippen LogP contribution in [0.4, 0.5) is 0 Å². The molecule has 0 amide bonds. The Hall–Kier alpha value is -1.59. The van der Waals surface area contributed by atoms with E-state index >= 15 is 0 Å². The smallest absolute Gasteiger partial charge is 0.309 e. The van der Waals surface area contributed by atoms with E-state index in [0.29, 0.717) is 6.42 Å². The molecule has 0 aromatic carbocycles. The lowest BCUT2D eigenvalue weighted by atomic mass is 9.98. The summed E-state index contributed by atoms with van der Waals surface area (Å²) in [6.07, 6.45) is 6.90. The van der Waals surface area contributed by atoms with Crippen molar-refractivity contribution in [3.8, 4) is 0 Å². The third kappa shape index (κ3) is 12.6. The lowest BCUT2D eigenvalue weighted by Gasteiger charge is -2.21. The Morgan fingerprint density at radius 2 is 1.00 bits per heavy atom. The maximum atomic E-state index is 12.4. The molecule has 170 valence electrons. The fourth-order valence-corrected chi connectivity index (χ4v) is 3.30. The van der Waals surface area contributed by atoms with E-state index in [0.717, 1.165) is 51.4 Å². The molecule has 0 atom stereocenters. The largest absolute Gasteiger partial charge is 0.461 e. The van der Waals surface area contributed by atoms with Crippen LogP contribution in [0, 0.1) is 11.8 Å². The second kappa shape index (κ2) is 17.3. The van der Waals surface area contributed by atoms with Gasteiger partial charge in [0, 0.05) is 6.42 Å². The van der Waals surface area contributed by atoms with E-state index in [-0.39, 0.29) is 49.4 Å². The van der Waals surface area contributed by atoms with Crippen molar-refractivity contribution in [2.75, 3.05) is 13.2 Å². The minimum absolute atomic E-state index is 0.0856. The first-order valence-corrected chi connectivity index (χ1v) is 11.5. The van der Waals surface area contributed by atoms with Gasteiger partial charge in [0.15, 0.2) is 6.10 Å². The Morgan fingerprint density at radius 1 is 0.621 bits per heavy atom. The summed E-state index contributed by atoms with van der Waals surface area (Å²) in [6.45, 7) is 9.86. The van der Waals surface area contributed by atoms with Gasteiger partial charge in [-0.15, -0.1) is 0 Å². The molecule has 0 rings (SSSR count). The normalized spacial score (nSPS) is 11.2. The molecule has 0 bridgehead atoms. The van der Waals surface area contributed by atoms with Crippen LogP contribution in [-0.4, -0.2) is 37.2 Å². The number of rotatable bonds is 17. The van der Waals surface area contributed by atoms with Gasteiger partial charge in [-0.3, -0.25) is 14.4 Å². The highest BCUT2D eigenvalue weighted by atomic mass is 16.6. The summed E-state index contributed by atoms with van der Waals surface area (Å²) in [5.41, 5.74) is 0. The highest BCUT2D eigenvalue weighted by molar-refractivity contribution is 5.73. The van der Waals surface area contributed by atoms with Gasteiger partial charge in [0.05, 0.1) is 11.8 Å². The Bertz CT molecular complexity index is 418. The van der Waals surface area contributed by atoms with Crippen LogP contribution in [-0.2, 0) is 28.6 Å². The number of esters is 3. The van der Waals surface area contributed by atoms with Gasteiger partial charge in [0.1, 0.15) is 13.2 Å². The monoisotopic (exact) mass is 414 g/mol. The molecule has 0 spiro atoms. The van der Waals surface area contributed by atoms with Crippen LogP contribution in [0.5, 0.6) is 0 Å². The third-order valence-corrected chi connectivity index (χ3v) is 4.79. The molecule has 0 aliphatic heterocycles. The molecule has 0 aromatic rings. The first-order chi connectivity index (χ1) is 13.9. The molecule has 0 aliphatic rings. The van der Waals surface area contributed by atoms with Crippen LogP contribution < -0.4 is 0 Å². The average molecular weight is 415 g/mol. The minimum Gasteiger partial charge on any atom is -0.461 e. The highest BCUT2D eigenvalue weighted by Gasteiger charge is 2.25. The molecule has 6 heteroatoms. The summed E-state index contributed by atoms with van der Waals surface area (Å²) in [6, 6.07) is 0. The number of hydrogen-bond donors (Lipinski definition) is 0. The van der Waals surface area contributed by atoms with Crippen molar-refractivity contribution in [3.05, 3.63) is 0 Å². The molecule has 0 heterocycles. The van der Waals surface area contributed by atoms with Crippen LogP contribution in [0.1, 0.15) is 98.8 Å². The Labute approximate surface area is 177 Å². The van der Waals surface area contributed by atoms with Crippen molar-refractivity contribution in [3.63, 3.8) is 0 Å². The molecular formula is C23H42O6. The first kappa shape index (κ1) is 27.4. The minimum atomic E-state index is -0.769. The van der Waals surface area contributed by atoms with E-state index in [1.54, 1.807) is 0 Å². The molecule has 0 unspecified atom stereocenters. The van der Waals surface area contributed by atoms with Crippen LogP contribution in [0.25, 0.3) is 0 Å². The van der Waals surface area contributed by atoms with Gasteiger partial charge in [-0.1, -0.05) is 60.3 Å². The average Bonchev–Trinajstić information content (AvgIpc) is 2.69. The number of hydrogen-bond acceptors (Lipinski definition) is 6. The Kier molecular flexibility index (Phi) is 16.3. The van der Waals surface area contributed by atoms with Gasteiger partial charge in [0.25, 0.3) is 0 Å². The second-order valence-corrected chi connectivity index (χ2v) is 7.67. The second-order valence-electron chi connectivity index (χ2n) is 7.67. The summed E-state index contributed by atoms with van der Waals surface area (Å²) in [4.78, 5) is 36.7. The van der Waals surface area contributed by atoms with Crippen molar-refractivity contribution >= 4 is 17.9 Å². The third-order valence-electron chi connectivity index (χ3n) is 4.79. The van der Waals surface area contributed by atoms with E-state index < -0.39 is 6.10 Å². The van der Waals surface area contributed by atoms with Gasteiger partial charge >= 0.3 is 17.9 Å². The molecule has 6 nitrogen and oxygen atoms in total. The lowest BCUT2D eigenvalue weighted by Crippen LogP contribution is -2.33. The molecular weight excluding hydrogens is 372 g/mol.